The second-order valence-electron chi connectivity index (χ2n) is 5.62. The minimum atomic E-state index is -0.206. The van der Waals surface area contributed by atoms with Crippen molar-refractivity contribution in [3.8, 4) is 0 Å². The molecule has 1 aliphatic carbocycles. The number of carbonyl (C=O) groups excluding carboxylic acids is 1. The highest BCUT2D eigenvalue weighted by Crippen LogP contribution is 2.26. The predicted molar refractivity (Wildman–Crippen MR) is 83.0 cm³/mol. The lowest BCUT2D eigenvalue weighted by Gasteiger charge is -2.20. The Morgan fingerprint density at radius 1 is 1.33 bits per heavy atom. The van der Waals surface area contributed by atoms with Gasteiger partial charge < -0.3 is 10.7 Å². The van der Waals surface area contributed by atoms with Crippen molar-refractivity contribution in [1.29, 1.82) is 0 Å². The Morgan fingerprint density at radius 2 is 2.14 bits per heavy atom. The Bertz CT molecular complexity index is 565. The van der Waals surface area contributed by atoms with Gasteiger partial charge >= 0.3 is 0 Å². The first-order valence-electron chi connectivity index (χ1n) is 7.49. The van der Waals surface area contributed by atoms with Crippen molar-refractivity contribution < 1.29 is 4.79 Å². The molecule has 0 spiro atoms. The molecule has 2 aliphatic rings. The van der Waals surface area contributed by atoms with Gasteiger partial charge in [-0.1, -0.05) is 42.5 Å². The van der Waals surface area contributed by atoms with Crippen LogP contribution in [0.25, 0.3) is 0 Å². The van der Waals surface area contributed by atoms with Gasteiger partial charge in [0.1, 0.15) is 6.04 Å². The number of fused-ring (bicyclic) bond motifs is 1. The van der Waals surface area contributed by atoms with Crippen molar-refractivity contribution in [2.45, 2.75) is 31.8 Å². The van der Waals surface area contributed by atoms with E-state index in [1.165, 1.54) is 0 Å². The van der Waals surface area contributed by atoms with E-state index < -0.39 is 0 Å². The summed E-state index contributed by atoms with van der Waals surface area (Å²) in [6.45, 7) is 2.01. The molecule has 1 aromatic rings. The van der Waals surface area contributed by atoms with E-state index in [1.807, 2.05) is 37.3 Å². The maximum Gasteiger partial charge on any atom is 0.240 e. The molecule has 0 aromatic heterocycles. The molecule has 3 rings (SSSR count). The van der Waals surface area contributed by atoms with E-state index in [1.54, 1.807) is 0 Å². The molecule has 1 fully saturated rings. The lowest BCUT2D eigenvalue weighted by molar-refractivity contribution is -0.124. The number of amides is 1. The summed E-state index contributed by atoms with van der Waals surface area (Å²) in [7, 11) is 0. The monoisotopic (exact) mass is 283 g/mol. The molecule has 21 heavy (non-hydrogen) atoms. The van der Waals surface area contributed by atoms with Crippen LogP contribution in [0.2, 0.25) is 0 Å². The molecule has 3 atom stereocenters. The number of benzene rings is 1. The minimum Gasteiger partial charge on any atom is -0.348 e. The van der Waals surface area contributed by atoms with Gasteiger partial charge in [0, 0.05) is 11.6 Å². The molecule has 4 heteroatoms. The number of allylic oxidation sites excluding steroid dienone is 3. The van der Waals surface area contributed by atoms with Crippen LogP contribution in [0, 0.1) is 5.92 Å². The summed E-state index contributed by atoms with van der Waals surface area (Å²) in [5, 5.41) is 3.10. The van der Waals surface area contributed by atoms with Crippen LogP contribution >= 0.6 is 0 Å². The molecule has 0 radical (unpaired) electrons. The molecule has 1 amide bonds. The minimum absolute atomic E-state index is 0.0115. The highest BCUT2D eigenvalue weighted by molar-refractivity contribution is 5.83. The number of hydrogen-bond donors (Lipinski definition) is 3. The van der Waals surface area contributed by atoms with E-state index in [4.69, 9.17) is 0 Å². The second kappa shape index (κ2) is 6.14. The van der Waals surface area contributed by atoms with Crippen molar-refractivity contribution in [1.82, 2.24) is 16.2 Å². The number of carbonyl (C=O) groups is 1. The fourth-order valence-corrected chi connectivity index (χ4v) is 2.94. The van der Waals surface area contributed by atoms with Crippen molar-refractivity contribution >= 4 is 5.91 Å². The normalized spacial score (nSPS) is 25.3. The third-order valence-electron chi connectivity index (χ3n) is 4.17. The maximum atomic E-state index is 12.5. The average Bonchev–Trinajstić information content (AvgIpc) is 2.77. The Morgan fingerprint density at radius 3 is 2.95 bits per heavy atom. The molecule has 1 aromatic carbocycles. The van der Waals surface area contributed by atoms with E-state index in [0.717, 1.165) is 24.1 Å². The van der Waals surface area contributed by atoms with Crippen molar-refractivity contribution in [2.75, 3.05) is 0 Å². The summed E-state index contributed by atoms with van der Waals surface area (Å²) < 4.78 is 0. The average molecular weight is 283 g/mol. The van der Waals surface area contributed by atoms with Gasteiger partial charge in [-0.2, -0.15) is 0 Å². The molecule has 3 N–H and O–H groups in total. The van der Waals surface area contributed by atoms with Crippen molar-refractivity contribution in [2.24, 2.45) is 5.92 Å². The number of hydrazine groups is 1. The first-order chi connectivity index (χ1) is 10.3. The molecule has 4 nitrogen and oxygen atoms in total. The Labute approximate surface area is 125 Å². The largest absolute Gasteiger partial charge is 0.348 e. The lowest BCUT2D eigenvalue weighted by Crippen LogP contribution is -2.46. The Balaban J connectivity index is 1.66. The van der Waals surface area contributed by atoms with E-state index in [2.05, 4.69) is 34.4 Å². The van der Waals surface area contributed by atoms with Crippen molar-refractivity contribution in [3.63, 3.8) is 0 Å². The highest BCUT2D eigenvalue weighted by atomic mass is 16.2. The van der Waals surface area contributed by atoms with E-state index in [-0.39, 0.29) is 23.9 Å². The molecular formula is C17H21N3O. The predicted octanol–water partition coefficient (Wildman–Crippen LogP) is 2.19. The first kappa shape index (κ1) is 13.9. The van der Waals surface area contributed by atoms with Crippen LogP contribution in [-0.2, 0) is 4.79 Å². The molecular weight excluding hydrogens is 262 g/mol. The molecule has 110 valence electrons. The molecule has 1 aliphatic heterocycles. The summed E-state index contributed by atoms with van der Waals surface area (Å²) in [4.78, 5) is 12.5. The third-order valence-corrected chi connectivity index (χ3v) is 4.17. The van der Waals surface area contributed by atoms with Gasteiger partial charge in [0.2, 0.25) is 5.91 Å². The Kier molecular flexibility index (Phi) is 4.06. The Hall–Kier alpha value is -2.07. The number of hydrogen-bond acceptors (Lipinski definition) is 3. The van der Waals surface area contributed by atoms with Gasteiger partial charge in [-0.3, -0.25) is 4.79 Å². The standard InChI is InChI=1S/C17H21N3O/c1-12(13-8-4-2-5-9-13)18-17(21)16-14-10-6-3-7-11-15(14)19-20-16/h2-5,7-9,11-12,14,16,19-20H,6,10H2,1H3,(H,18,21)/t12-,14?,16?/m1/s1. The summed E-state index contributed by atoms with van der Waals surface area (Å²) in [6.07, 6.45) is 8.25. The first-order valence-corrected chi connectivity index (χ1v) is 7.49. The fourth-order valence-electron chi connectivity index (χ4n) is 2.94. The summed E-state index contributed by atoms with van der Waals surface area (Å²) in [5.41, 5.74) is 8.49. The van der Waals surface area contributed by atoms with Crippen LogP contribution in [0.4, 0.5) is 0 Å². The molecule has 1 saturated heterocycles. The zero-order chi connectivity index (χ0) is 14.7. The molecule has 0 bridgehead atoms. The zero-order valence-electron chi connectivity index (χ0n) is 12.2. The molecule has 1 heterocycles. The van der Waals surface area contributed by atoms with Gasteiger partial charge in [0.05, 0.1) is 6.04 Å². The summed E-state index contributed by atoms with van der Waals surface area (Å²) in [5.74, 6) is 0.275. The van der Waals surface area contributed by atoms with Gasteiger partial charge in [0.15, 0.2) is 0 Å². The highest BCUT2D eigenvalue weighted by Gasteiger charge is 2.36. The zero-order valence-corrected chi connectivity index (χ0v) is 12.2. The summed E-state index contributed by atoms with van der Waals surface area (Å²) in [6, 6.07) is 9.84. The quantitative estimate of drug-likeness (QED) is 0.797. The third kappa shape index (κ3) is 3.00. The molecule has 0 saturated carbocycles. The van der Waals surface area contributed by atoms with Crippen LogP contribution in [0.3, 0.4) is 0 Å². The van der Waals surface area contributed by atoms with Crippen LogP contribution < -0.4 is 16.2 Å². The van der Waals surface area contributed by atoms with Crippen molar-refractivity contribution in [3.05, 3.63) is 59.8 Å². The number of rotatable bonds is 3. The van der Waals surface area contributed by atoms with Crippen LogP contribution in [-0.4, -0.2) is 11.9 Å². The van der Waals surface area contributed by atoms with E-state index in [9.17, 15) is 4.79 Å². The topological polar surface area (TPSA) is 53.2 Å². The smallest absolute Gasteiger partial charge is 0.240 e. The SMILES string of the molecule is C[C@@H](NC(=O)C1NNC2=CC=CCCC21)c1ccccc1. The maximum absolute atomic E-state index is 12.5. The molecule has 2 unspecified atom stereocenters. The van der Waals surface area contributed by atoms with E-state index >= 15 is 0 Å². The van der Waals surface area contributed by atoms with Gasteiger partial charge in [-0.25, -0.2) is 5.43 Å². The second-order valence-corrected chi connectivity index (χ2v) is 5.62. The summed E-state index contributed by atoms with van der Waals surface area (Å²) >= 11 is 0. The lowest BCUT2D eigenvalue weighted by atomic mass is 9.93. The van der Waals surface area contributed by atoms with Crippen LogP contribution in [0.1, 0.15) is 31.4 Å². The van der Waals surface area contributed by atoms with Gasteiger partial charge in [-0.05, 0) is 31.4 Å². The van der Waals surface area contributed by atoms with E-state index in [0.29, 0.717) is 0 Å². The fraction of sp³-hybridized carbons (Fsp3) is 0.353. The van der Waals surface area contributed by atoms with Crippen LogP contribution in [0.15, 0.2) is 54.3 Å². The van der Waals surface area contributed by atoms with Crippen LogP contribution in [0.5, 0.6) is 0 Å². The van der Waals surface area contributed by atoms with Gasteiger partial charge in [-0.15, -0.1) is 0 Å². The number of nitrogens with one attached hydrogen (secondary N) is 3. The van der Waals surface area contributed by atoms with Gasteiger partial charge in [0.25, 0.3) is 0 Å².